The fourth-order valence-electron chi connectivity index (χ4n) is 2.65. The van der Waals surface area contributed by atoms with E-state index in [1.807, 2.05) is 26.0 Å². The molecule has 1 amide bonds. The van der Waals surface area contributed by atoms with Crippen LogP contribution in [0.2, 0.25) is 0 Å². The summed E-state index contributed by atoms with van der Waals surface area (Å²) in [6.07, 6.45) is 1.69. The van der Waals surface area contributed by atoms with Crippen LogP contribution in [0.25, 0.3) is 11.0 Å². The zero-order valence-electron chi connectivity index (χ0n) is 14.0. The molecule has 3 aromatic rings. The Hall–Kier alpha value is -2.47. The topological polar surface area (TPSA) is 54.9 Å². The van der Waals surface area contributed by atoms with Crippen LogP contribution in [0.15, 0.2) is 47.6 Å². The number of rotatable bonds is 5. The first kappa shape index (κ1) is 17.4. The summed E-state index contributed by atoms with van der Waals surface area (Å²) in [6, 6.07) is 9.94. The fraction of sp³-hybridized carbons (Fsp3) is 0.211. The zero-order valence-corrected chi connectivity index (χ0v) is 14.9. The van der Waals surface area contributed by atoms with Crippen LogP contribution in [0.5, 0.6) is 0 Å². The van der Waals surface area contributed by atoms with Crippen molar-refractivity contribution in [2.45, 2.75) is 25.4 Å². The molecule has 0 unspecified atom stereocenters. The van der Waals surface area contributed by atoms with Gasteiger partial charge in [0.1, 0.15) is 10.8 Å². The van der Waals surface area contributed by atoms with Gasteiger partial charge in [0, 0.05) is 18.1 Å². The van der Waals surface area contributed by atoms with Gasteiger partial charge in [-0.1, -0.05) is 19.1 Å². The number of nitrogens with one attached hydrogen (secondary N) is 1. The number of aryl methyl sites for hydroxylation is 1. The molecular formula is C19H18FN3OS. The van der Waals surface area contributed by atoms with E-state index in [0.717, 1.165) is 16.7 Å². The van der Waals surface area contributed by atoms with Crippen molar-refractivity contribution in [1.29, 1.82) is 0 Å². The molecular weight excluding hydrogens is 337 g/mol. The van der Waals surface area contributed by atoms with E-state index in [2.05, 4.69) is 15.3 Å². The van der Waals surface area contributed by atoms with E-state index in [1.54, 1.807) is 18.3 Å². The van der Waals surface area contributed by atoms with Crippen LogP contribution in [0.4, 0.5) is 4.39 Å². The molecule has 0 saturated carbocycles. The van der Waals surface area contributed by atoms with Crippen LogP contribution in [0.1, 0.15) is 28.4 Å². The maximum atomic E-state index is 13.3. The molecule has 4 nitrogen and oxygen atoms in total. The Bertz CT molecular complexity index is 930. The van der Waals surface area contributed by atoms with E-state index >= 15 is 0 Å². The van der Waals surface area contributed by atoms with Gasteiger partial charge in [0.05, 0.1) is 5.56 Å². The first-order chi connectivity index (χ1) is 12.1. The Balaban J connectivity index is 1.94. The Labute approximate surface area is 149 Å². The summed E-state index contributed by atoms with van der Waals surface area (Å²) >= 11 is 1.51. The van der Waals surface area contributed by atoms with Crippen LogP contribution in [-0.2, 0) is 6.54 Å². The van der Waals surface area contributed by atoms with E-state index < -0.39 is 0 Å². The number of hydrogen-bond acceptors (Lipinski definition) is 4. The average Bonchev–Trinajstić information content (AvgIpc) is 2.60. The molecule has 0 spiro atoms. The summed E-state index contributed by atoms with van der Waals surface area (Å²) in [6.45, 7) is 4.18. The number of pyridine rings is 2. The molecule has 6 heteroatoms. The number of hydrogen-bond donors (Lipinski definition) is 1. The summed E-state index contributed by atoms with van der Waals surface area (Å²) in [4.78, 5) is 21.6. The number of fused-ring (bicyclic) bond motifs is 1. The van der Waals surface area contributed by atoms with E-state index in [9.17, 15) is 9.18 Å². The Kier molecular flexibility index (Phi) is 5.28. The highest BCUT2D eigenvalue weighted by atomic mass is 32.2. The van der Waals surface area contributed by atoms with Crippen molar-refractivity contribution in [2.75, 3.05) is 5.75 Å². The number of benzene rings is 1. The summed E-state index contributed by atoms with van der Waals surface area (Å²) in [7, 11) is 0. The highest BCUT2D eigenvalue weighted by Crippen LogP contribution is 2.28. The largest absolute Gasteiger partial charge is 0.348 e. The molecule has 0 aliphatic rings. The van der Waals surface area contributed by atoms with Gasteiger partial charge in [-0.05, 0) is 48.1 Å². The number of thioether (sulfide) groups is 1. The maximum absolute atomic E-state index is 13.3. The second-order valence-electron chi connectivity index (χ2n) is 5.54. The van der Waals surface area contributed by atoms with Gasteiger partial charge in [0.15, 0.2) is 5.65 Å². The number of carbonyl (C=O) groups is 1. The number of carbonyl (C=O) groups excluding carboxylic acids is 1. The third kappa shape index (κ3) is 3.79. The Morgan fingerprint density at radius 3 is 2.88 bits per heavy atom. The first-order valence-electron chi connectivity index (χ1n) is 8.01. The lowest BCUT2D eigenvalue weighted by molar-refractivity contribution is 0.0947. The Morgan fingerprint density at radius 1 is 1.28 bits per heavy atom. The first-order valence-corrected chi connectivity index (χ1v) is 8.99. The van der Waals surface area contributed by atoms with Crippen molar-refractivity contribution >= 4 is 28.7 Å². The lowest BCUT2D eigenvalue weighted by Crippen LogP contribution is -2.25. The predicted molar refractivity (Wildman–Crippen MR) is 98.2 cm³/mol. The number of aromatic nitrogens is 2. The molecule has 0 aliphatic heterocycles. The second kappa shape index (κ2) is 7.61. The molecule has 0 fully saturated rings. The molecule has 2 heterocycles. The highest BCUT2D eigenvalue weighted by molar-refractivity contribution is 7.99. The van der Waals surface area contributed by atoms with Crippen LogP contribution in [0.3, 0.4) is 0 Å². The number of halogens is 1. The maximum Gasteiger partial charge on any atom is 0.254 e. The van der Waals surface area contributed by atoms with Gasteiger partial charge in [0.25, 0.3) is 5.91 Å². The lowest BCUT2D eigenvalue weighted by Gasteiger charge is -2.13. The molecule has 0 aliphatic carbocycles. The van der Waals surface area contributed by atoms with Gasteiger partial charge in [-0.25, -0.2) is 14.4 Å². The highest BCUT2D eigenvalue weighted by Gasteiger charge is 2.19. The predicted octanol–water partition coefficient (Wildman–Crippen LogP) is 4.12. The molecule has 0 saturated heterocycles. The number of nitrogens with zero attached hydrogens (tertiary/aromatic N) is 2. The quantitative estimate of drug-likeness (QED) is 0.700. The molecule has 0 radical (unpaired) electrons. The van der Waals surface area contributed by atoms with E-state index in [4.69, 9.17) is 0 Å². The van der Waals surface area contributed by atoms with Gasteiger partial charge in [-0.3, -0.25) is 4.79 Å². The second-order valence-corrected chi connectivity index (χ2v) is 6.79. The van der Waals surface area contributed by atoms with E-state index in [1.165, 1.54) is 23.9 Å². The van der Waals surface area contributed by atoms with E-state index in [-0.39, 0.29) is 18.3 Å². The molecule has 1 N–H and O–H groups in total. The molecule has 0 atom stereocenters. The Morgan fingerprint density at radius 2 is 2.12 bits per heavy atom. The smallest absolute Gasteiger partial charge is 0.254 e. The van der Waals surface area contributed by atoms with Crippen molar-refractivity contribution in [3.05, 3.63) is 65.1 Å². The van der Waals surface area contributed by atoms with Crippen LogP contribution >= 0.6 is 11.8 Å². The molecule has 1 aromatic carbocycles. The zero-order chi connectivity index (χ0) is 17.8. The van der Waals surface area contributed by atoms with Gasteiger partial charge >= 0.3 is 0 Å². The van der Waals surface area contributed by atoms with Gasteiger partial charge in [-0.2, -0.15) is 0 Å². The molecule has 2 aromatic heterocycles. The van der Waals surface area contributed by atoms with E-state index in [0.29, 0.717) is 21.8 Å². The minimum Gasteiger partial charge on any atom is -0.348 e. The van der Waals surface area contributed by atoms with Gasteiger partial charge in [0.2, 0.25) is 0 Å². The van der Waals surface area contributed by atoms with Crippen molar-refractivity contribution in [3.63, 3.8) is 0 Å². The summed E-state index contributed by atoms with van der Waals surface area (Å²) in [5, 5.41) is 4.40. The summed E-state index contributed by atoms with van der Waals surface area (Å²) in [5.41, 5.74) is 2.76. The molecule has 0 bridgehead atoms. The minimum atomic E-state index is -0.316. The lowest BCUT2D eigenvalue weighted by atomic mass is 10.1. The van der Waals surface area contributed by atoms with Crippen LogP contribution in [0, 0.1) is 12.7 Å². The van der Waals surface area contributed by atoms with Crippen molar-refractivity contribution < 1.29 is 9.18 Å². The molecule has 128 valence electrons. The van der Waals surface area contributed by atoms with Crippen molar-refractivity contribution in [2.24, 2.45) is 0 Å². The van der Waals surface area contributed by atoms with Gasteiger partial charge < -0.3 is 5.32 Å². The van der Waals surface area contributed by atoms with Crippen molar-refractivity contribution in [1.82, 2.24) is 15.3 Å². The third-order valence-electron chi connectivity index (χ3n) is 3.84. The average molecular weight is 355 g/mol. The fourth-order valence-corrected chi connectivity index (χ4v) is 3.47. The van der Waals surface area contributed by atoms with Crippen LogP contribution < -0.4 is 5.32 Å². The third-order valence-corrected chi connectivity index (χ3v) is 4.69. The van der Waals surface area contributed by atoms with Crippen molar-refractivity contribution in [3.8, 4) is 0 Å². The monoisotopic (exact) mass is 355 g/mol. The standard InChI is InChI=1S/C19H18FN3OS/c1-3-25-19-16(12(2)15-8-5-9-21-17(15)23-19)18(24)22-11-13-6-4-7-14(20)10-13/h4-10H,3,11H2,1-2H3,(H,22,24). The molecule has 3 rings (SSSR count). The molecule has 25 heavy (non-hydrogen) atoms. The van der Waals surface area contributed by atoms with Crippen LogP contribution in [-0.4, -0.2) is 21.6 Å². The normalized spacial score (nSPS) is 10.8. The number of amides is 1. The SMILES string of the molecule is CCSc1nc2ncccc2c(C)c1C(=O)NCc1cccc(F)c1. The minimum absolute atomic E-state index is 0.212. The van der Waals surface area contributed by atoms with Gasteiger partial charge in [-0.15, -0.1) is 11.8 Å². The summed E-state index contributed by atoms with van der Waals surface area (Å²) < 4.78 is 13.3. The summed E-state index contributed by atoms with van der Waals surface area (Å²) in [5.74, 6) is 0.272.